The highest BCUT2D eigenvalue weighted by atomic mass is 35.5. The molecule has 26 heavy (non-hydrogen) atoms. The summed E-state index contributed by atoms with van der Waals surface area (Å²) in [7, 11) is -3.96. The van der Waals surface area contributed by atoms with Crippen molar-refractivity contribution in [3.8, 4) is 0 Å². The van der Waals surface area contributed by atoms with E-state index in [1.165, 1.54) is 16.4 Å². The Morgan fingerprint density at radius 1 is 1.35 bits per heavy atom. The molecule has 2 aliphatic rings. The van der Waals surface area contributed by atoms with Gasteiger partial charge in [-0.1, -0.05) is 0 Å². The van der Waals surface area contributed by atoms with E-state index in [4.69, 9.17) is 4.74 Å². The number of nitrogens with one attached hydrogen (secondary N) is 2. The summed E-state index contributed by atoms with van der Waals surface area (Å²) in [6, 6.07) is 3.75. The third-order valence-corrected chi connectivity index (χ3v) is 6.31. The lowest BCUT2D eigenvalue weighted by Crippen LogP contribution is -2.40. The Labute approximate surface area is 158 Å². The summed E-state index contributed by atoms with van der Waals surface area (Å²) in [6.07, 6.45) is 2.28. The number of anilines is 1. The van der Waals surface area contributed by atoms with Gasteiger partial charge in [-0.15, -0.1) is 12.4 Å². The van der Waals surface area contributed by atoms with Gasteiger partial charge in [0, 0.05) is 31.2 Å². The van der Waals surface area contributed by atoms with E-state index in [0.29, 0.717) is 6.42 Å². The molecule has 1 amide bonds. The summed E-state index contributed by atoms with van der Waals surface area (Å²) in [6.45, 7) is 1.84. The van der Waals surface area contributed by atoms with Crippen LogP contribution in [0.1, 0.15) is 19.3 Å². The van der Waals surface area contributed by atoms with Crippen molar-refractivity contribution >= 4 is 34.0 Å². The summed E-state index contributed by atoms with van der Waals surface area (Å²) < 4.78 is 45.7. The van der Waals surface area contributed by atoms with Gasteiger partial charge in [0.05, 0.1) is 13.2 Å². The van der Waals surface area contributed by atoms with Crippen molar-refractivity contribution in [1.82, 2.24) is 9.62 Å². The fourth-order valence-corrected chi connectivity index (χ4v) is 4.57. The zero-order valence-electron chi connectivity index (χ0n) is 14.2. The molecule has 2 fully saturated rings. The van der Waals surface area contributed by atoms with E-state index in [9.17, 15) is 17.6 Å². The molecule has 2 N–H and O–H groups in total. The van der Waals surface area contributed by atoms with E-state index in [2.05, 4.69) is 10.6 Å². The summed E-state index contributed by atoms with van der Waals surface area (Å²) in [4.78, 5) is 11.7. The summed E-state index contributed by atoms with van der Waals surface area (Å²) >= 11 is 0. The average Bonchev–Trinajstić information content (AvgIpc) is 3.10. The maximum absolute atomic E-state index is 14.1. The third kappa shape index (κ3) is 4.92. The number of nitrogens with zero attached hydrogens (tertiary/aromatic N) is 1. The van der Waals surface area contributed by atoms with Gasteiger partial charge in [0.15, 0.2) is 0 Å². The number of morpholine rings is 1. The van der Waals surface area contributed by atoms with Crippen LogP contribution >= 0.6 is 12.4 Å². The predicted octanol–water partition coefficient (Wildman–Crippen LogP) is 1.35. The Morgan fingerprint density at radius 2 is 2.08 bits per heavy atom. The highest BCUT2D eigenvalue weighted by Crippen LogP contribution is 2.24. The van der Waals surface area contributed by atoms with Crippen LogP contribution < -0.4 is 10.6 Å². The molecule has 1 aromatic carbocycles. The van der Waals surface area contributed by atoms with Crippen LogP contribution in [0, 0.1) is 5.82 Å². The number of carbonyl (C=O) groups is 1. The number of hydrogen-bond acceptors (Lipinski definition) is 5. The number of carbonyl (C=O) groups excluding carboxylic acids is 1. The van der Waals surface area contributed by atoms with Crippen molar-refractivity contribution in [1.29, 1.82) is 0 Å². The number of amides is 1. The molecule has 0 spiro atoms. The first-order valence-corrected chi connectivity index (χ1v) is 9.81. The Morgan fingerprint density at radius 3 is 2.73 bits per heavy atom. The second kappa shape index (κ2) is 9.09. The van der Waals surface area contributed by atoms with Crippen LogP contribution in [0.3, 0.4) is 0 Å². The van der Waals surface area contributed by atoms with Gasteiger partial charge in [-0.25, -0.2) is 12.8 Å². The van der Waals surface area contributed by atoms with Crippen molar-refractivity contribution < 1.29 is 22.3 Å². The molecule has 1 atom stereocenters. The van der Waals surface area contributed by atoms with Gasteiger partial charge in [-0.3, -0.25) is 4.79 Å². The van der Waals surface area contributed by atoms with E-state index >= 15 is 0 Å². The Bertz CT molecular complexity index is 735. The molecular weight excluding hydrogens is 385 g/mol. The van der Waals surface area contributed by atoms with Crippen molar-refractivity contribution in [2.75, 3.05) is 38.2 Å². The second-order valence-corrected chi connectivity index (χ2v) is 8.11. The standard InChI is InChI=1S/C16H22FN3O4S.ClH/c17-14-4-3-13(19-16(21)11-12-2-1-5-18-12)10-15(14)25(22,23)20-6-8-24-9-7-20;/h3-4,10,12,18H,1-2,5-9,11H2,(H,19,21);1H. The molecule has 0 bridgehead atoms. The van der Waals surface area contributed by atoms with Gasteiger partial charge >= 0.3 is 0 Å². The summed E-state index contributed by atoms with van der Waals surface area (Å²) in [5.41, 5.74) is 0.274. The van der Waals surface area contributed by atoms with E-state index < -0.39 is 20.7 Å². The number of sulfonamides is 1. The van der Waals surface area contributed by atoms with E-state index in [1.807, 2.05) is 0 Å². The SMILES string of the molecule is Cl.O=C(CC1CCCN1)Nc1ccc(F)c(S(=O)(=O)N2CCOCC2)c1. The van der Waals surface area contributed by atoms with Crippen LogP contribution in [0.15, 0.2) is 23.1 Å². The predicted molar refractivity (Wildman–Crippen MR) is 97.5 cm³/mol. The molecule has 146 valence electrons. The average molecular weight is 408 g/mol. The first-order chi connectivity index (χ1) is 12.0. The van der Waals surface area contributed by atoms with Crippen LogP contribution in [-0.4, -0.2) is 57.5 Å². The quantitative estimate of drug-likeness (QED) is 0.769. The van der Waals surface area contributed by atoms with E-state index in [0.717, 1.165) is 25.5 Å². The minimum atomic E-state index is -3.96. The van der Waals surface area contributed by atoms with Crippen molar-refractivity contribution in [3.05, 3.63) is 24.0 Å². The highest BCUT2D eigenvalue weighted by molar-refractivity contribution is 7.89. The largest absolute Gasteiger partial charge is 0.379 e. The molecule has 2 heterocycles. The molecule has 1 unspecified atom stereocenters. The molecule has 7 nitrogen and oxygen atoms in total. The molecule has 2 saturated heterocycles. The minimum absolute atomic E-state index is 0. The molecule has 0 radical (unpaired) electrons. The van der Waals surface area contributed by atoms with E-state index in [1.54, 1.807) is 0 Å². The maximum Gasteiger partial charge on any atom is 0.246 e. The molecule has 1 aromatic rings. The zero-order chi connectivity index (χ0) is 17.9. The van der Waals surface area contributed by atoms with Crippen LogP contribution in [0.5, 0.6) is 0 Å². The Hall–Kier alpha value is -1.26. The lowest BCUT2D eigenvalue weighted by Gasteiger charge is -2.26. The molecule has 2 aliphatic heterocycles. The molecular formula is C16H23ClFN3O4S. The number of ether oxygens (including phenoxy) is 1. The number of halogens is 2. The number of benzene rings is 1. The third-order valence-electron chi connectivity index (χ3n) is 4.40. The molecule has 0 aromatic heterocycles. The summed E-state index contributed by atoms with van der Waals surface area (Å²) in [5, 5.41) is 5.88. The fraction of sp³-hybridized carbons (Fsp3) is 0.562. The smallest absolute Gasteiger partial charge is 0.246 e. The van der Waals surface area contributed by atoms with Gasteiger partial charge < -0.3 is 15.4 Å². The normalized spacial score (nSPS) is 21.2. The molecule has 0 saturated carbocycles. The summed E-state index contributed by atoms with van der Waals surface area (Å²) in [5.74, 6) is -1.05. The monoisotopic (exact) mass is 407 g/mol. The Balaban J connectivity index is 0.00000243. The highest BCUT2D eigenvalue weighted by Gasteiger charge is 2.29. The van der Waals surface area contributed by atoms with Gasteiger partial charge in [0.2, 0.25) is 15.9 Å². The lowest BCUT2D eigenvalue weighted by molar-refractivity contribution is -0.116. The first kappa shape index (κ1) is 21.0. The van der Waals surface area contributed by atoms with Gasteiger partial charge in [-0.2, -0.15) is 4.31 Å². The minimum Gasteiger partial charge on any atom is -0.379 e. The van der Waals surface area contributed by atoms with Crippen LogP contribution in [0.4, 0.5) is 10.1 Å². The number of hydrogen-bond donors (Lipinski definition) is 2. The molecule has 3 rings (SSSR count). The van der Waals surface area contributed by atoms with E-state index in [-0.39, 0.29) is 56.3 Å². The van der Waals surface area contributed by atoms with Crippen LogP contribution in [0.2, 0.25) is 0 Å². The van der Waals surface area contributed by atoms with Crippen molar-refractivity contribution in [3.63, 3.8) is 0 Å². The maximum atomic E-state index is 14.1. The van der Waals surface area contributed by atoms with Gasteiger partial charge in [0.25, 0.3) is 0 Å². The molecule has 10 heteroatoms. The van der Waals surface area contributed by atoms with Gasteiger partial charge in [0.1, 0.15) is 10.7 Å². The number of rotatable bonds is 5. The van der Waals surface area contributed by atoms with Crippen LogP contribution in [0.25, 0.3) is 0 Å². The van der Waals surface area contributed by atoms with Crippen molar-refractivity contribution in [2.24, 2.45) is 0 Å². The zero-order valence-corrected chi connectivity index (χ0v) is 15.9. The Kier molecular flexibility index (Phi) is 7.36. The fourth-order valence-electron chi connectivity index (χ4n) is 3.07. The van der Waals surface area contributed by atoms with Gasteiger partial charge in [-0.05, 0) is 37.6 Å². The lowest BCUT2D eigenvalue weighted by atomic mass is 10.1. The molecule has 0 aliphatic carbocycles. The van der Waals surface area contributed by atoms with Crippen LogP contribution in [-0.2, 0) is 19.6 Å². The first-order valence-electron chi connectivity index (χ1n) is 8.37. The van der Waals surface area contributed by atoms with Crippen molar-refractivity contribution in [2.45, 2.75) is 30.2 Å². The topological polar surface area (TPSA) is 87.7 Å². The second-order valence-electron chi connectivity index (χ2n) is 6.21.